The zero-order chi connectivity index (χ0) is 17.6. The van der Waals surface area contributed by atoms with Crippen molar-refractivity contribution in [2.24, 2.45) is 0 Å². The van der Waals surface area contributed by atoms with Gasteiger partial charge in [-0.05, 0) is 35.9 Å². The number of amides is 2. The number of aromatic amines is 1. The molecule has 126 valence electrons. The maximum absolute atomic E-state index is 12.5. The predicted molar refractivity (Wildman–Crippen MR) is 96.1 cm³/mol. The highest BCUT2D eigenvalue weighted by atomic mass is 35.5. The first kappa shape index (κ1) is 15.9. The fourth-order valence-corrected chi connectivity index (χ4v) is 3.15. The largest absolute Gasteiger partial charge is 0.339 e. The molecule has 2 amide bonds. The highest BCUT2D eigenvalue weighted by molar-refractivity contribution is 6.31. The van der Waals surface area contributed by atoms with Crippen molar-refractivity contribution in [3.8, 4) is 0 Å². The number of benzene rings is 1. The summed E-state index contributed by atoms with van der Waals surface area (Å²) in [6.45, 7) is 0. The SMILES string of the molecule is O=C(NC1Cc2ccc(Cl)cc2NC1=O)c1cc2ccc(Cl)nc2[nH]1. The van der Waals surface area contributed by atoms with Crippen molar-refractivity contribution in [1.29, 1.82) is 0 Å². The molecule has 1 aromatic carbocycles. The highest BCUT2D eigenvalue weighted by Gasteiger charge is 2.28. The average Bonchev–Trinajstić information content (AvgIpc) is 2.99. The lowest BCUT2D eigenvalue weighted by Crippen LogP contribution is -2.47. The maximum atomic E-state index is 12.5. The maximum Gasteiger partial charge on any atom is 0.268 e. The Kier molecular flexibility index (Phi) is 3.86. The van der Waals surface area contributed by atoms with Crippen LogP contribution in [0, 0.1) is 0 Å². The molecule has 6 nitrogen and oxygen atoms in total. The Hall–Kier alpha value is -2.57. The normalized spacial score (nSPS) is 16.4. The number of pyridine rings is 1. The fraction of sp³-hybridized carbons (Fsp3) is 0.118. The molecule has 1 atom stereocenters. The van der Waals surface area contributed by atoms with Crippen LogP contribution in [0.2, 0.25) is 10.2 Å². The second-order valence-corrected chi connectivity index (χ2v) is 6.60. The van der Waals surface area contributed by atoms with Crippen molar-refractivity contribution in [3.63, 3.8) is 0 Å². The van der Waals surface area contributed by atoms with Gasteiger partial charge in [-0.3, -0.25) is 9.59 Å². The minimum Gasteiger partial charge on any atom is -0.339 e. The molecule has 1 aliphatic heterocycles. The summed E-state index contributed by atoms with van der Waals surface area (Å²) in [4.78, 5) is 31.7. The first-order valence-corrected chi connectivity index (χ1v) is 8.30. The Morgan fingerprint density at radius 3 is 2.88 bits per heavy atom. The van der Waals surface area contributed by atoms with E-state index in [9.17, 15) is 9.59 Å². The summed E-state index contributed by atoms with van der Waals surface area (Å²) in [6.07, 6.45) is 0.397. The van der Waals surface area contributed by atoms with Crippen LogP contribution in [0.5, 0.6) is 0 Å². The molecule has 3 heterocycles. The zero-order valence-corrected chi connectivity index (χ0v) is 14.3. The number of hydrogen-bond donors (Lipinski definition) is 3. The van der Waals surface area contributed by atoms with Crippen molar-refractivity contribution in [3.05, 3.63) is 57.8 Å². The first-order valence-electron chi connectivity index (χ1n) is 7.55. The van der Waals surface area contributed by atoms with Crippen LogP contribution in [0.15, 0.2) is 36.4 Å². The second-order valence-electron chi connectivity index (χ2n) is 5.78. The lowest BCUT2D eigenvalue weighted by Gasteiger charge is -2.25. The van der Waals surface area contributed by atoms with E-state index >= 15 is 0 Å². The van der Waals surface area contributed by atoms with Crippen molar-refractivity contribution in [2.45, 2.75) is 12.5 Å². The summed E-state index contributed by atoms with van der Waals surface area (Å²) >= 11 is 11.8. The molecule has 4 rings (SSSR count). The van der Waals surface area contributed by atoms with E-state index in [1.54, 1.807) is 30.3 Å². The first-order chi connectivity index (χ1) is 12.0. The van der Waals surface area contributed by atoms with Crippen LogP contribution in [-0.2, 0) is 11.2 Å². The van der Waals surface area contributed by atoms with Crippen molar-refractivity contribution in [2.75, 3.05) is 5.32 Å². The van der Waals surface area contributed by atoms with Gasteiger partial charge < -0.3 is 15.6 Å². The number of rotatable bonds is 2. The number of nitrogens with zero attached hydrogens (tertiary/aromatic N) is 1. The smallest absolute Gasteiger partial charge is 0.268 e. The van der Waals surface area contributed by atoms with E-state index in [1.807, 2.05) is 6.07 Å². The van der Waals surface area contributed by atoms with E-state index in [1.165, 1.54) is 0 Å². The van der Waals surface area contributed by atoms with Crippen LogP contribution in [0.3, 0.4) is 0 Å². The van der Waals surface area contributed by atoms with Gasteiger partial charge in [-0.25, -0.2) is 4.98 Å². The molecule has 0 bridgehead atoms. The third kappa shape index (κ3) is 3.06. The van der Waals surface area contributed by atoms with Gasteiger partial charge in [0.15, 0.2) is 0 Å². The van der Waals surface area contributed by atoms with Gasteiger partial charge in [-0.15, -0.1) is 0 Å². The summed E-state index contributed by atoms with van der Waals surface area (Å²) in [5.41, 5.74) is 2.43. The van der Waals surface area contributed by atoms with Gasteiger partial charge in [0, 0.05) is 22.5 Å². The number of carbonyl (C=O) groups excluding carboxylic acids is 2. The van der Waals surface area contributed by atoms with E-state index in [0.29, 0.717) is 33.6 Å². The number of nitrogens with one attached hydrogen (secondary N) is 3. The van der Waals surface area contributed by atoms with Gasteiger partial charge >= 0.3 is 0 Å². The average molecular weight is 375 g/mol. The molecular formula is C17H12Cl2N4O2. The Balaban J connectivity index is 1.55. The molecule has 25 heavy (non-hydrogen) atoms. The molecule has 0 aliphatic carbocycles. The molecular weight excluding hydrogens is 363 g/mol. The molecule has 3 N–H and O–H groups in total. The van der Waals surface area contributed by atoms with Crippen LogP contribution >= 0.6 is 23.2 Å². The number of H-pyrrole nitrogens is 1. The van der Waals surface area contributed by atoms with E-state index in [4.69, 9.17) is 23.2 Å². The van der Waals surface area contributed by atoms with Crippen LogP contribution in [0.4, 0.5) is 5.69 Å². The molecule has 0 spiro atoms. The van der Waals surface area contributed by atoms with E-state index in [0.717, 1.165) is 10.9 Å². The van der Waals surface area contributed by atoms with E-state index in [-0.39, 0.29) is 11.8 Å². The summed E-state index contributed by atoms with van der Waals surface area (Å²) in [5, 5.41) is 7.15. The molecule has 1 unspecified atom stereocenters. The fourth-order valence-electron chi connectivity index (χ4n) is 2.83. The van der Waals surface area contributed by atoms with Crippen LogP contribution < -0.4 is 10.6 Å². The highest BCUT2D eigenvalue weighted by Crippen LogP contribution is 2.26. The van der Waals surface area contributed by atoms with Crippen molar-refractivity contribution in [1.82, 2.24) is 15.3 Å². The lowest BCUT2D eigenvalue weighted by molar-refractivity contribution is -0.118. The van der Waals surface area contributed by atoms with Gasteiger partial charge in [0.25, 0.3) is 5.91 Å². The number of halogens is 2. The van der Waals surface area contributed by atoms with Crippen molar-refractivity contribution >= 4 is 51.7 Å². The van der Waals surface area contributed by atoms with Gasteiger partial charge in [0.05, 0.1) is 0 Å². The molecule has 0 saturated carbocycles. The number of anilines is 1. The minimum atomic E-state index is -0.663. The lowest BCUT2D eigenvalue weighted by atomic mass is 9.99. The third-order valence-corrected chi connectivity index (χ3v) is 4.51. The molecule has 0 saturated heterocycles. The summed E-state index contributed by atoms with van der Waals surface area (Å²) in [6, 6.07) is 9.71. The summed E-state index contributed by atoms with van der Waals surface area (Å²) in [5.74, 6) is -0.660. The number of hydrogen-bond acceptors (Lipinski definition) is 3. The molecule has 1 aliphatic rings. The Labute approximate surface area is 152 Å². The number of aromatic nitrogens is 2. The molecule has 8 heteroatoms. The van der Waals surface area contributed by atoms with Gasteiger partial charge in [-0.1, -0.05) is 29.3 Å². The standard InChI is InChI=1S/C17H12Cl2N4O2/c18-10-3-1-8-5-13(17(25)21-11(8)7-10)22-16(24)12-6-9-2-4-14(19)23-15(9)20-12/h1-4,6-7,13H,5H2,(H,20,23)(H,21,25)(H,22,24). The Bertz CT molecular complexity index is 1020. The van der Waals surface area contributed by atoms with Crippen LogP contribution in [-0.4, -0.2) is 27.8 Å². The number of fused-ring (bicyclic) bond motifs is 2. The Morgan fingerprint density at radius 1 is 1.20 bits per heavy atom. The monoisotopic (exact) mass is 374 g/mol. The second kappa shape index (κ2) is 6.06. The zero-order valence-electron chi connectivity index (χ0n) is 12.8. The van der Waals surface area contributed by atoms with Crippen LogP contribution in [0.1, 0.15) is 16.1 Å². The van der Waals surface area contributed by atoms with Crippen molar-refractivity contribution < 1.29 is 9.59 Å². The summed E-state index contributed by atoms with van der Waals surface area (Å²) < 4.78 is 0. The Morgan fingerprint density at radius 2 is 2.04 bits per heavy atom. The van der Waals surface area contributed by atoms with E-state index < -0.39 is 6.04 Å². The topological polar surface area (TPSA) is 86.9 Å². The molecule has 0 radical (unpaired) electrons. The predicted octanol–water partition coefficient (Wildman–Crippen LogP) is 3.16. The van der Waals surface area contributed by atoms with Gasteiger partial charge in [0.2, 0.25) is 5.91 Å². The number of carbonyl (C=O) groups is 2. The molecule has 0 fully saturated rings. The van der Waals surface area contributed by atoms with E-state index in [2.05, 4.69) is 20.6 Å². The quantitative estimate of drug-likeness (QED) is 0.602. The summed E-state index contributed by atoms with van der Waals surface area (Å²) in [7, 11) is 0. The minimum absolute atomic E-state index is 0.277. The molecule has 3 aromatic rings. The van der Waals surface area contributed by atoms with Crippen LogP contribution in [0.25, 0.3) is 11.0 Å². The third-order valence-electron chi connectivity index (χ3n) is 4.07. The van der Waals surface area contributed by atoms with Gasteiger partial charge in [0.1, 0.15) is 22.5 Å². The molecule has 2 aromatic heterocycles. The van der Waals surface area contributed by atoms with Gasteiger partial charge in [-0.2, -0.15) is 0 Å².